The van der Waals surface area contributed by atoms with Gasteiger partial charge in [-0.25, -0.2) is 14.5 Å². The molecule has 132 valence electrons. The second-order valence-electron chi connectivity index (χ2n) is 5.67. The Morgan fingerprint density at radius 1 is 1.08 bits per heavy atom. The van der Waals surface area contributed by atoms with E-state index in [4.69, 9.17) is 14.2 Å². The predicted octanol–water partition coefficient (Wildman–Crippen LogP) is 2.43. The molecule has 1 aromatic rings. The SMILES string of the molecule is COC(=O)N1c2ccccc2N(C(=O)OC)[C@H]2C/C(=C\C(C)=O)O[C@H]21. The number of amides is 2. The molecule has 0 N–H and O–H groups in total. The van der Waals surface area contributed by atoms with Gasteiger partial charge in [-0.3, -0.25) is 9.69 Å². The summed E-state index contributed by atoms with van der Waals surface area (Å²) in [4.78, 5) is 38.9. The smallest absolute Gasteiger partial charge is 0.417 e. The monoisotopic (exact) mass is 346 g/mol. The van der Waals surface area contributed by atoms with E-state index < -0.39 is 24.5 Å². The number of ether oxygens (including phenoxy) is 3. The minimum absolute atomic E-state index is 0.180. The highest BCUT2D eigenvalue weighted by Gasteiger charge is 2.50. The number of carbonyl (C=O) groups is 3. The Morgan fingerprint density at radius 3 is 2.20 bits per heavy atom. The van der Waals surface area contributed by atoms with Crippen molar-refractivity contribution in [1.29, 1.82) is 0 Å². The lowest BCUT2D eigenvalue weighted by molar-refractivity contribution is -0.112. The van der Waals surface area contributed by atoms with Gasteiger partial charge >= 0.3 is 12.2 Å². The first-order valence-electron chi connectivity index (χ1n) is 7.69. The maximum absolute atomic E-state index is 12.4. The lowest BCUT2D eigenvalue weighted by Gasteiger charge is -2.42. The molecule has 1 aromatic carbocycles. The fourth-order valence-corrected chi connectivity index (χ4v) is 3.17. The number of methoxy groups -OCH3 is 2. The van der Waals surface area contributed by atoms with Gasteiger partial charge in [-0.2, -0.15) is 0 Å². The standard InChI is InChI=1S/C17H18N2O6/c1-10(20)8-11-9-14-15(25-11)19(17(22)24-3)13-7-5-4-6-12(13)18(14)16(21)23-2/h4-8,14-15H,9H2,1-3H3/b11-8+/t14-,15+/m0/s1. The number of nitrogens with zero attached hydrogens (tertiary/aromatic N) is 2. The average molecular weight is 346 g/mol. The molecule has 2 atom stereocenters. The fourth-order valence-electron chi connectivity index (χ4n) is 3.17. The van der Waals surface area contributed by atoms with Crippen molar-refractivity contribution in [2.75, 3.05) is 24.0 Å². The molecule has 8 heteroatoms. The van der Waals surface area contributed by atoms with E-state index in [2.05, 4.69) is 0 Å². The summed E-state index contributed by atoms with van der Waals surface area (Å²) in [6, 6.07) is 6.37. The van der Waals surface area contributed by atoms with Crippen LogP contribution in [0.4, 0.5) is 21.0 Å². The van der Waals surface area contributed by atoms with Gasteiger partial charge in [0.1, 0.15) is 11.8 Å². The first kappa shape index (κ1) is 16.8. The fraction of sp³-hybridized carbons (Fsp3) is 0.353. The normalized spacial score (nSPS) is 22.8. The highest BCUT2D eigenvalue weighted by molar-refractivity contribution is 6.01. The van der Waals surface area contributed by atoms with Gasteiger partial charge in [-0.05, 0) is 19.1 Å². The summed E-state index contributed by atoms with van der Waals surface area (Å²) in [7, 11) is 2.56. The van der Waals surface area contributed by atoms with Gasteiger partial charge in [-0.1, -0.05) is 12.1 Å². The maximum Gasteiger partial charge on any atom is 0.417 e. The molecule has 0 spiro atoms. The van der Waals surface area contributed by atoms with Crippen molar-refractivity contribution >= 4 is 29.3 Å². The molecule has 0 radical (unpaired) electrons. The minimum atomic E-state index is -0.813. The van der Waals surface area contributed by atoms with Crippen LogP contribution in [0.5, 0.6) is 0 Å². The van der Waals surface area contributed by atoms with E-state index in [0.29, 0.717) is 17.1 Å². The number of hydrogen-bond acceptors (Lipinski definition) is 6. The molecule has 2 aliphatic rings. The van der Waals surface area contributed by atoms with E-state index in [1.54, 1.807) is 24.3 Å². The van der Waals surface area contributed by atoms with E-state index in [0.717, 1.165) is 0 Å². The van der Waals surface area contributed by atoms with Crippen LogP contribution in [0.2, 0.25) is 0 Å². The predicted molar refractivity (Wildman–Crippen MR) is 88.3 cm³/mol. The highest BCUT2D eigenvalue weighted by Crippen LogP contribution is 2.44. The molecule has 0 unspecified atom stereocenters. The lowest BCUT2D eigenvalue weighted by atomic mass is 10.0. The van der Waals surface area contributed by atoms with Gasteiger partial charge in [0.15, 0.2) is 5.78 Å². The van der Waals surface area contributed by atoms with Crippen LogP contribution >= 0.6 is 0 Å². The highest BCUT2D eigenvalue weighted by atomic mass is 16.6. The van der Waals surface area contributed by atoms with Gasteiger partial charge in [-0.15, -0.1) is 0 Å². The van der Waals surface area contributed by atoms with Crippen molar-refractivity contribution in [3.8, 4) is 0 Å². The van der Waals surface area contributed by atoms with Crippen LogP contribution in [-0.2, 0) is 19.0 Å². The number of carbonyl (C=O) groups excluding carboxylic acids is 3. The van der Waals surface area contributed by atoms with Crippen LogP contribution < -0.4 is 9.80 Å². The molecular weight excluding hydrogens is 328 g/mol. The first-order valence-corrected chi connectivity index (χ1v) is 7.69. The topological polar surface area (TPSA) is 85.4 Å². The summed E-state index contributed by atoms with van der Waals surface area (Å²) < 4.78 is 15.6. The van der Waals surface area contributed by atoms with Crippen molar-refractivity contribution in [2.45, 2.75) is 25.6 Å². The molecule has 2 heterocycles. The maximum atomic E-state index is 12.4. The van der Waals surface area contributed by atoms with Crippen LogP contribution in [0.1, 0.15) is 13.3 Å². The van der Waals surface area contributed by atoms with Gasteiger partial charge in [0.25, 0.3) is 0 Å². The second-order valence-corrected chi connectivity index (χ2v) is 5.67. The number of allylic oxidation sites excluding steroid dienone is 1. The van der Waals surface area contributed by atoms with E-state index in [1.165, 1.54) is 37.0 Å². The number of fused-ring (bicyclic) bond motifs is 2. The summed E-state index contributed by atoms with van der Waals surface area (Å²) in [5.74, 6) is 0.221. The number of hydrogen-bond donors (Lipinski definition) is 0. The van der Waals surface area contributed by atoms with E-state index >= 15 is 0 Å². The van der Waals surface area contributed by atoms with Gasteiger partial charge in [0, 0.05) is 12.5 Å². The van der Waals surface area contributed by atoms with Crippen molar-refractivity contribution < 1.29 is 28.6 Å². The number of benzene rings is 1. The van der Waals surface area contributed by atoms with Crippen molar-refractivity contribution in [2.24, 2.45) is 0 Å². The van der Waals surface area contributed by atoms with Gasteiger partial charge < -0.3 is 14.2 Å². The molecule has 2 amide bonds. The van der Waals surface area contributed by atoms with Crippen LogP contribution in [-0.4, -0.2) is 44.5 Å². The molecule has 1 fully saturated rings. The molecule has 8 nitrogen and oxygen atoms in total. The van der Waals surface area contributed by atoms with Crippen LogP contribution in [0, 0.1) is 0 Å². The average Bonchev–Trinajstić information content (AvgIpc) is 2.99. The molecular formula is C17H18N2O6. The Hall–Kier alpha value is -3.03. The van der Waals surface area contributed by atoms with Crippen molar-refractivity contribution in [3.05, 3.63) is 36.1 Å². The number of anilines is 2. The number of para-hydroxylation sites is 2. The first-order chi connectivity index (χ1) is 12.0. The summed E-state index contributed by atoms with van der Waals surface area (Å²) in [6.07, 6.45) is -0.363. The summed E-state index contributed by atoms with van der Waals surface area (Å²) >= 11 is 0. The molecule has 0 aliphatic carbocycles. The Labute approximate surface area is 144 Å². The minimum Gasteiger partial charge on any atom is -0.472 e. The number of rotatable bonds is 1. The Kier molecular flexibility index (Phi) is 4.35. The zero-order valence-electron chi connectivity index (χ0n) is 14.1. The molecule has 1 saturated heterocycles. The van der Waals surface area contributed by atoms with Crippen LogP contribution in [0.25, 0.3) is 0 Å². The third-order valence-electron chi connectivity index (χ3n) is 4.11. The summed E-state index contributed by atoms with van der Waals surface area (Å²) in [5.41, 5.74) is 0.971. The van der Waals surface area contributed by atoms with E-state index in [-0.39, 0.29) is 12.2 Å². The Balaban J connectivity index is 2.14. The third-order valence-corrected chi connectivity index (χ3v) is 4.11. The van der Waals surface area contributed by atoms with Crippen molar-refractivity contribution in [3.63, 3.8) is 0 Å². The summed E-state index contributed by atoms with van der Waals surface area (Å²) in [5, 5.41) is 0. The summed E-state index contributed by atoms with van der Waals surface area (Å²) in [6.45, 7) is 1.41. The van der Waals surface area contributed by atoms with Gasteiger partial charge in [0.05, 0.1) is 25.6 Å². The molecule has 2 aliphatic heterocycles. The van der Waals surface area contributed by atoms with Gasteiger partial charge in [0.2, 0.25) is 6.23 Å². The third kappa shape index (κ3) is 2.79. The zero-order valence-corrected chi connectivity index (χ0v) is 14.1. The molecule has 25 heavy (non-hydrogen) atoms. The molecule has 0 aromatic heterocycles. The lowest BCUT2D eigenvalue weighted by Crippen LogP contribution is -2.58. The largest absolute Gasteiger partial charge is 0.472 e. The van der Waals surface area contributed by atoms with Crippen LogP contribution in [0.3, 0.4) is 0 Å². The van der Waals surface area contributed by atoms with Crippen LogP contribution in [0.15, 0.2) is 36.1 Å². The Bertz CT molecular complexity index is 706. The number of ketones is 1. The molecule has 0 bridgehead atoms. The van der Waals surface area contributed by atoms with E-state index in [9.17, 15) is 14.4 Å². The van der Waals surface area contributed by atoms with E-state index in [1.807, 2.05) is 0 Å². The Morgan fingerprint density at radius 2 is 1.64 bits per heavy atom. The zero-order chi connectivity index (χ0) is 18.1. The quantitative estimate of drug-likeness (QED) is 0.726. The molecule has 0 saturated carbocycles. The molecule has 3 rings (SSSR count). The van der Waals surface area contributed by atoms with Crippen molar-refractivity contribution in [1.82, 2.24) is 0 Å². The second kappa shape index (κ2) is 6.46.